The van der Waals surface area contributed by atoms with Crippen molar-refractivity contribution in [3.8, 4) is 22.4 Å². The van der Waals surface area contributed by atoms with Crippen LogP contribution in [0.2, 0.25) is 0 Å². The van der Waals surface area contributed by atoms with Gasteiger partial charge >= 0.3 is 0 Å². The van der Waals surface area contributed by atoms with Crippen molar-refractivity contribution >= 4 is 0 Å². The molecule has 0 spiro atoms. The van der Waals surface area contributed by atoms with Crippen LogP contribution in [0.4, 0.5) is 0 Å². The van der Waals surface area contributed by atoms with Gasteiger partial charge in [0, 0.05) is 24.2 Å². The lowest BCUT2D eigenvalue weighted by atomic mass is 10.0. The fourth-order valence-corrected chi connectivity index (χ4v) is 1.91. The number of hydrogen-bond acceptors (Lipinski definition) is 2. The summed E-state index contributed by atoms with van der Waals surface area (Å²) in [4.78, 5) is 8.37. The molecule has 1 aromatic carbocycles. The Morgan fingerprint density at radius 3 is 1.89 bits per heavy atom. The molecule has 18 heavy (non-hydrogen) atoms. The molecular formula is C16H12N2. The van der Waals surface area contributed by atoms with Crippen molar-refractivity contribution in [1.29, 1.82) is 0 Å². The van der Waals surface area contributed by atoms with E-state index >= 15 is 0 Å². The molecule has 86 valence electrons. The van der Waals surface area contributed by atoms with E-state index < -0.39 is 0 Å². The first-order chi connectivity index (χ1) is 8.93. The fourth-order valence-electron chi connectivity index (χ4n) is 1.91. The first-order valence-corrected chi connectivity index (χ1v) is 5.85. The van der Waals surface area contributed by atoms with Crippen molar-refractivity contribution in [2.24, 2.45) is 0 Å². The molecule has 0 radical (unpaired) electrons. The quantitative estimate of drug-likeness (QED) is 0.671. The second-order valence-electron chi connectivity index (χ2n) is 4.03. The Morgan fingerprint density at radius 2 is 1.22 bits per heavy atom. The summed E-state index contributed by atoms with van der Waals surface area (Å²) >= 11 is 0. The van der Waals surface area contributed by atoms with E-state index in [4.69, 9.17) is 0 Å². The summed E-state index contributed by atoms with van der Waals surface area (Å²) < 4.78 is 0. The Labute approximate surface area is 106 Å². The lowest BCUT2D eigenvalue weighted by molar-refractivity contribution is 1.32. The van der Waals surface area contributed by atoms with Crippen LogP contribution >= 0.6 is 0 Å². The third-order valence-corrected chi connectivity index (χ3v) is 2.86. The summed E-state index contributed by atoms with van der Waals surface area (Å²) in [5.74, 6) is 0. The molecule has 0 amide bonds. The summed E-state index contributed by atoms with van der Waals surface area (Å²) in [7, 11) is 0. The molecule has 3 rings (SSSR count). The molecule has 2 heteroatoms. The Kier molecular flexibility index (Phi) is 2.84. The van der Waals surface area contributed by atoms with Crippen molar-refractivity contribution in [2.45, 2.75) is 0 Å². The SMILES string of the molecule is c1ccc(-c2ccc(-c3ccncc3)cc2)nc1. The molecule has 0 bridgehead atoms. The minimum Gasteiger partial charge on any atom is -0.265 e. The highest BCUT2D eigenvalue weighted by molar-refractivity contribution is 5.68. The fraction of sp³-hybridized carbons (Fsp3) is 0. The van der Waals surface area contributed by atoms with E-state index in [0.29, 0.717) is 0 Å². The van der Waals surface area contributed by atoms with Crippen LogP contribution in [-0.2, 0) is 0 Å². The van der Waals surface area contributed by atoms with Gasteiger partial charge < -0.3 is 0 Å². The zero-order valence-corrected chi connectivity index (χ0v) is 9.82. The third kappa shape index (κ3) is 2.13. The molecule has 0 aliphatic carbocycles. The molecule has 0 atom stereocenters. The molecule has 0 N–H and O–H groups in total. The maximum atomic E-state index is 4.34. The lowest BCUT2D eigenvalue weighted by Gasteiger charge is -2.03. The van der Waals surface area contributed by atoms with Gasteiger partial charge in [0.25, 0.3) is 0 Å². The normalized spacial score (nSPS) is 10.2. The smallest absolute Gasteiger partial charge is 0.0701 e. The molecule has 0 aliphatic rings. The minimum absolute atomic E-state index is 0.999. The average molecular weight is 232 g/mol. The number of nitrogens with zero attached hydrogens (tertiary/aromatic N) is 2. The van der Waals surface area contributed by atoms with E-state index in [1.54, 1.807) is 0 Å². The highest BCUT2D eigenvalue weighted by Crippen LogP contribution is 2.22. The van der Waals surface area contributed by atoms with Crippen LogP contribution in [0.5, 0.6) is 0 Å². The number of benzene rings is 1. The van der Waals surface area contributed by atoms with E-state index in [0.717, 1.165) is 11.3 Å². The molecule has 0 saturated carbocycles. The summed E-state index contributed by atoms with van der Waals surface area (Å²) in [6.07, 6.45) is 5.43. The van der Waals surface area contributed by atoms with Crippen LogP contribution in [0, 0.1) is 0 Å². The molecule has 0 aliphatic heterocycles. The topological polar surface area (TPSA) is 25.8 Å². The van der Waals surface area contributed by atoms with Gasteiger partial charge in [-0.3, -0.25) is 9.97 Å². The summed E-state index contributed by atoms with van der Waals surface area (Å²) in [6, 6.07) is 18.4. The van der Waals surface area contributed by atoms with Crippen molar-refractivity contribution in [3.63, 3.8) is 0 Å². The van der Waals surface area contributed by atoms with Gasteiger partial charge in [-0.15, -0.1) is 0 Å². The van der Waals surface area contributed by atoms with E-state index in [9.17, 15) is 0 Å². The van der Waals surface area contributed by atoms with Gasteiger partial charge in [-0.1, -0.05) is 30.3 Å². The highest BCUT2D eigenvalue weighted by Gasteiger charge is 2.00. The number of hydrogen-bond donors (Lipinski definition) is 0. The molecule has 0 fully saturated rings. The van der Waals surface area contributed by atoms with Crippen molar-refractivity contribution < 1.29 is 0 Å². The zero-order chi connectivity index (χ0) is 12.2. The van der Waals surface area contributed by atoms with Crippen molar-refractivity contribution in [3.05, 3.63) is 73.2 Å². The molecule has 0 unspecified atom stereocenters. The largest absolute Gasteiger partial charge is 0.265 e. The van der Waals surface area contributed by atoms with E-state index in [1.807, 2.05) is 48.9 Å². The first kappa shape index (κ1) is 10.7. The number of pyridine rings is 2. The predicted molar refractivity (Wildman–Crippen MR) is 72.9 cm³/mol. The van der Waals surface area contributed by atoms with Gasteiger partial charge in [-0.2, -0.15) is 0 Å². The second kappa shape index (κ2) is 4.80. The molecule has 3 aromatic rings. The van der Waals surface area contributed by atoms with Crippen molar-refractivity contribution in [2.75, 3.05) is 0 Å². The zero-order valence-electron chi connectivity index (χ0n) is 9.82. The van der Waals surface area contributed by atoms with E-state index in [-0.39, 0.29) is 0 Å². The third-order valence-electron chi connectivity index (χ3n) is 2.86. The van der Waals surface area contributed by atoms with Gasteiger partial charge in [0.2, 0.25) is 0 Å². The number of rotatable bonds is 2. The Hall–Kier alpha value is -2.48. The van der Waals surface area contributed by atoms with E-state index in [2.05, 4.69) is 34.2 Å². The second-order valence-corrected chi connectivity index (χ2v) is 4.03. The first-order valence-electron chi connectivity index (χ1n) is 5.85. The summed E-state index contributed by atoms with van der Waals surface area (Å²) in [5.41, 5.74) is 4.50. The predicted octanol–water partition coefficient (Wildman–Crippen LogP) is 3.81. The van der Waals surface area contributed by atoms with E-state index in [1.165, 1.54) is 11.1 Å². The lowest BCUT2D eigenvalue weighted by Crippen LogP contribution is -1.83. The maximum Gasteiger partial charge on any atom is 0.0701 e. The van der Waals surface area contributed by atoms with Crippen LogP contribution in [0.15, 0.2) is 73.2 Å². The molecule has 2 heterocycles. The van der Waals surface area contributed by atoms with Gasteiger partial charge in [0.05, 0.1) is 5.69 Å². The Balaban J connectivity index is 1.95. The van der Waals surface area contributed by atoms with Crippen LogP contribution in [0.25, 0.3) is 22.4 Å². The van der Waals surface area contributed by atoms with Gasteiger partial charge in [-0.25, -0.2) is 0 Å². The molecule has 2 aromatic heterocycles. The Bertz CT molecular complexity index is 558. The van der Waals surface area contributed by atoms with Gasteiger partial charge in [-0.05, 0) is 35.4 Å². The van der Waals surface area contributed by atoms with Crippen LogP contribution in [0.1, 0.15) is 0 Å². The average Bonchev–Trinajstić information content (AvgIpc) is 2.49. The molecule has 2 nitrogen and oxygen atoms in total. The van der Waals surface area contributed by atoms with Crippen LogP contribution < -0.4 is 0 Å². The number of aromatic nitrogens is 2. The molecular weight excluding hydrogens is 220 g/mol. The monoisotopic (exact) mass is 232 g/mol. The van der Waals surface area contributed by atoms with Gasteiger partial charge in [0.1, 0.15) is 0 Å². The summed E-state index contributed by atoms with van der Waals surface area (Å²) in [6.45, 7) is 0. The van der Waals surface area contributed by atoms with Crippen molar-refractivity contribution in [1.82, 2.24) is 9.97 Å². The summed E-state index contributed by atoms with van der Waals surface area (Å²) in [5, 5.41) is 0. The molecule has 0 saturated heterocycles. The Morgan fingerprint density at radius 1 is 0.556 bits per heavy atom. The minimum atomic E-state index is 0.999. The maximum absolute atomic E-state index is 4.34. The van der Waals surface area contributed by atoms with Crippen LogP contribution in [0.3, 0.4) is 0 Å². The van der Waals surface area contributed by atoms with Crippen LogP contribution in [-0.4, -0.2) is 9.97 Å². The standard InChI is InChI=1S/C16H12N2/c1-2-10-18-16(3-1)15-6-4-13(5-7-15)14-8-11-17-12-9-14/h1-12H. The highest BCUT2D eigenvalue weighted by atomic mass is 14.7. The van der Waals surface area contributed by atoms with Gasteiger partial charge in [0.15, 0.2) is 0 Å².